The Morgan fingerprint density at radius 1 is 1.41 bits per heavy atom. The Hall–Kier alpha value is -0.810. The van der Waals surface area contributed by atoms with E-state index in [2.05, 4.69) is 10.2 Å². The summed E-state index contributed by atoms with van der Waals surface area (Å²) in [5.74, 6) is 1.58. The number of halogens is 1. The second kappa shape index (κ2) is 8.73. The van der Waals surface area contributed by atoms with Crippen molar-refractivity contribution in [3.8, 4) is 5.75 Å². The van der Waals surface area contributed by atoms with Gasteiger partial charge in [0.05, 0.1) is 13.2 Å². The Balaban J connectivity index is 1.73. The van der Waals surface area contributed by atoms with Crippen LogP contribution in [0.25, 0.3) is 0 Å². The van der Waals surface area contributed by atoms with Crippen LogP contribution in [0.1, 0.15) is 25.3 Å². The van der Waals surface area contributed by atoms with Crippen LogP contribution < -0.4 is 10.1 Å². The molecule has 1 aromatic carbocycles. The van der Waals surface area contributed by atoms with Crippen LogP contribution in [0.15, 0.2) is 18.2 Å². The van der Waals surface area contributed by atoms with E-state index in [4.69, 9.17) is 16.3 Å². The number of nitrogens with zero attached hydrogens (tertiary/aromatic N) is 1. The van der Waals surface area contributed by atoms with Gasteiger partial charge in [-0.1, -0.05) is 11.6 Å². The van der Waals surface area contributed by atoms with Gasteiger partial charge in [-0.3, -0.25) is 0 Å². The molecular formula is C17H27ClN2O2. The summed E-state index contributed by atoms with van der Waals surface area (Å²) in [7, 11) is 1.69. The average molecular weight is 327 g/mol. The summed E-state index contributed by atoms with van der Waals surface area (Å²) in [5, 5.41) is 13.7. The molecule has 22 heavy (non-hydrogen) atoms. The fourth-order valence-corrected chi connectivity index (χ4v) is 3.24. The first-order chi connectivity index (χ1) is 10.6. The number of rotatable bonds is 7. The van der Waals surface area contributed by atoms with Gasteiger partial charge in [-0.2, -0.15) is 0 Å². The van der Waals surface area contributed by atoms with Crippen molar-refractivity contribution in [3.05, 3.63) is 28.8 Å². The maximum absolute atomic E-state index is 9.43. The van der Waals surface area contributed by atoms with E-state index in [9.17, 15) is 5.11 Å². The molecule has 0 spiro atoms. The number of ether oxygens (including phenoxy) is 1. The molecule has 0 bridgehead atoms. The number of aliphatic hydroxyl groups excluding tert-OH is 1. The van der Waals surface area contributed by atoms with Crippen molar-refractivity contribution in [1.29, 1.82) is 0 Å². The number of hydrogen-bond donors (Lipinski definition) is 2. The molecule has 2 rings (SSSR count). The summed E-state index contributed by atoms with van der Waals surface area (Å²) in [4.78, 5) is 2.35. The molecule has 5 heteroatoms. The normalized spacial score (nSPS) is 18.4. The van der Waals surface area contributed by atoms with Gasteiger partial charge in [0.2, 0.25) is 0 Å². The highest BCUT2D eigenvalue weighted by molar-refractivity contribution is 6.30. The molecule has 0 saturated carbocycles. The smallest absolute Gasteiger partial charge is 0.123 e. The molecule has 1 aliphatic heterocycles. The summed E-state index contributed by atoms with van der Waals surface area (Å²) < 4.78 is 5.36. The maximum atomic E-state index is 9.43. The summed E-state index contributed by atoms with van der Waals surface area (Å²) >= 11 is 6.05. The van der Waals surface area contributed by atoms with Crippen LogP contribution in [0.5, 0.6) is 5.75 Å². The second-order valence-electron chi connectivity index (χ2n) is 6.18. The first-order valence-electron chi connectivity index (χ1n) is 8.02. The number of nitrogens with one attached hydrogen (secondary N) is 1. The van der Waals surface area contributed by atoms with E-state index in [1.165, 1.54) is 12.8 Å². The van der Waals surface area contributed by atoms with Crippen LogP contribution in [0.2, 0.25) is 5.02 Å². The molecular weight excluding hydrogens is 300 g/mol. The Labute approximate surface area is 138 Å². The molecule has 0 amide bonds. The van der Waals surface area contributed by atoms with E-state index in [1.54, 1.807) is 7.11 Å². The molecule has 124 valence electrons. The molecule has 1 aliphatic rings. The number of methoxy groups -OCH3 is 1. The lowest BCUT2D eigenvalue weighted by Gasteiger charge is -2.32. The van der Waals surface area contributed by atoms with Gasteiger partial charge in [0.15, 0.2) is 0 Å². The number of β-amino-alcohol motifs (C(OH)–C–C–N with tert-alkyl or cyclic N) is 1. The van der Waals surface area contributed by atoms with Crippen LogP contribution in [-0.4, -0.2) is 49.4 Å². The molecule has 1 fully saturated rings. The summed E-state index contributed by atoms with van der Waals surface area (Å²) in [5.41, 5.74) is 1.10. The lowest BCUT2D eigenvalue weighted by molar-refractivity contribution is 0.0998. The number of hydrogen-bond acceptors (Lipinski definition) is 4. The first-order valence-corrected chi connectivity index (χ1v) is 8.40. The molecule has 0 unspecified atom stereocenters. The van der Waals surface area contributed by atoms with Crippen molar-refractivity contribution in [1.82, 2.24) is 10.2 Å². The van der Waals surface area contributed by atoms with Gasteiger partial charge in [0, 0.05) is 23.7 Å². The molecule has 1 atom stereocenters. The Bertz CT molecular complexity index is 460. The standard InChI is InChI=1S/C17H27ClN2O2/c1-13(21)12-20-7-5-14(6-8-20)10-19-11-15-9-16(18)3-4-17(15)22-2/h3-4,9,13-14,19,21H,5-8,10-12H2,1-2H3/t13-/m1/s1. The van der Waals surface area contributed by atoms with Gasteiger partial charge in [0.25, 0.3) is 0 Å². The van der Waals surface area contributed by atoms with E-state index < -0.39 is 0 Å². The minimum absolute atomic E-state index is 0.232. The molecule has 0 radical (unpaired) electrons. The van der Waals surface area contributed by atoms with Gasteiger partial charge in [-0.15, -0.1) is 0 Å². The van der Waals surface area contributed by atoms with Gasteiger partial charge in [-0.25, -0.2) is 0 Å². The predicted octanol–water partition coefficient (Wildman–Crippen LogP) is 2.53. The second-order valence-corrected chi connectivity index (χ2v) is 6.62. The minimum Gasteiger partial charge on any atom is -0.496 e. The number of piperidine rings is 1. The zero-order valence-electron chi connectivity index (χ0n) is 13.5. The van der Waals surface area contributed by atoms with Crippen molar-refractivity contribution in [3.63, 3.8) is 0 Å². The van der Waals surface area contributed by atoms with E-state index in [1.807, 2.05) is 25.1 Å². The summed E-state index contributed by atoms with van der Waals surface area (Å²) in [6.07, 6.45) is 2.14. The fraction of sp³-hybridized carbons (Fsp3) is 0.647. The molecule has 1 aromatic rings. The summed E-state index contributed by atoms with van der Waals surface area (Å²) in [6, 6.07) is 5.72. The number of likely N-dealkylation sites (tertiary alicyclic amines) is 1. The van der Waals surface area contributed by atoms with Crippen LogP contribution >= 0.6 is 11.6 Å². The topological polar surface area (TPSA) is 44.7 Å². The lowest BCUT2D eigenvalue weighted by atomic mass is 9.96. The van der Waals surface area contributed by atoms with Crippen molar-refractivity contribution in [2.45, 2.75) is 32.4 Å². The number of benzene rings is 1. The van der Waals surface area contributed by atoms with Crippen molar-refractivity contribution in [2.75, 3.05) is 33.3 Å². The van der Waals surface area contributed by atoms with Gasteiger partial charge in [0.1, 0.15) is 5.75 Å². The van der Waals surface area contributed by atoms with Crippen LogP contribution in [-0.2, 0) is 6.54 Å². The molecule has 2 N–H and O–H groups in total. The average Bonchev–Trinajstić information content (AvgIpc) is 2.49. The Kier molecular flexibility index (Phi) is 6.96. The van der Waals surface area contributed by atoms with E-state index >= 15 is 0 Å². The fourth-order valence-electron chi connectivity index (χ4n) is 3.04. The maximum Gasteiger partial charge on any atom is 0.123 e. The quantitative estimate of drug-likeness (QED) is 0.808. The van der Waals surface area contributed by atoms with Gasteiger partial charge >= 0.3 is 0 Å². The highest BCUT2D eigenvalue weighted by atomic mass is 35.5. The lowest BCUT2D eigenvalue weighted by Crippen LogP contribution is -2.40. The third kappa shape index (κ3) is 5.43. The zero-order chi connectivity index (χ0) is 15.9. The SMILES string of the molecule is COc1ccc(Cl)cc1CNCC1CCN(C[C@@H](C)O)CC1. The van der Waals surface area contributed by atoms with Crippen molar-refractivity contribution in [2.24, 2.45) is 5.92 Å². The Morgan fingerprint density at radius 2 is 2.14 bits per heavy atom. The highest BCUT2D eigenvalue weighted by Crippen LogP contribution is 2.23. The third-order valence-corrected chi connectivity index (χ3v) is 4.46. The van der Waals surface area contributed by atoms with Gasteiger partial charge in [-0.05, 0) is 63.5 Å². The van der Waals surface area contributed by atoms with Crippen LogP contribution in [0.3, 0.4) is 0 Å². The molecule has 1 heterocycles. The van der Waals surface area contributed by atoms with Crippen molar-refractivity contribution < 1.29 is 9.84 Å². The minimum atomic E-state index is -0.232. The molecule has 4 nitrogen and oxygen atoms in total. The predicted molar refractivity (Wildman–Crippen MR) is 90.6 cm³/mol. The monoisotopic (exact) mass is 326 g/mol. The van der Waals surface area contributed by atoms with Crippen LogP contribution in [0, 0.1) is 5.92 Å². The zero-order valence-corrected chi connectivity index (χ0v) is 14.3. The van der Waals surface area contributed by atoms with E-state index in [0.717, 1.165) is 49.1 Å². The molecule has 1 saturated heterocycles. The van der Waals surface area contributed by atoms with Crippen molar-refractivity contribution >= 4 is 11.6 Å². The van der Waals surface area contributed by atoms with Crippen LogP contribution in [0.4, 0.5) is 0 Å². The van der Waals surface area contributed by atoms with E-state index in [0.29, 0.717) is 5.92 Å². The Morgan fingerprint density at radius 3 is 2.77 bits per heavy atom. The summed E-state index contributed by atoms with van der Waals surface area (Å²) in [6.45, 7) is 6.59. The van der Waals surface area contributed by atoms with Gasteiger partial charge < -0.3 is 20.1 Å². The molecule has 0 aromatic heterocycles. The largest absolute Gasteiger partial charge is 0.496 e. The van der Waals surface area contributed by atoms with E-state index in [-0.39, 0.29) is 6.10 Å². The first kappa shape index (κ1) is 17.5. The molecule has 0 aliphatic carbocycles. The number of aliphatic hydroxyl groups is 1. The third-order valence-electron chi connectivity index (χ3n) is 4.22. The highest BCUT2D eigenvalue weighted by Gasteiger charge is 2.19.